The van der Waals surface area contributed by atoms with Gasteiger partial charge in [0.1, 0.15) is 0 Å². The summed E-state index contributed by atoms with van der Waals surface area (Å²) >= 11 is 0.736. The van der Waals surface area contributed by atoms with Gasteiger partial charge in [-0.3, -0.25) is 0 Å². The quantitative estimate of drug-likeness (QED) is 0.293. The van der Waals surface area contributed by atoms with Gasteiger partial charge in [-0.1, -0.05) is 0 Å². The van der Waals surface area contributed by atoms with Gasteiger partial charge in [0.15, 0.2) is 0 Å². The summed E-state index contributed by atoms with van der Waals surface area (Å²) in [6.07, 6.45) is 0. The van der Waals surface area contributed by atoms with Crippen molar-refractivity contribution in [3.63, 3.8) is 0 Å². The SMILES string of the molecule is O=[N+]([O-])c1cccc(C[Se][Se]Cc2cccc([N+](=O)[O-])c2)c1. The molecule has 114 valence electrons. The Morgan fingerprint density at radius 2 is 1.18 bits per heavy atom. The summed E-state index contributed by atoms with van der Waals surface area (Å²) in [5.74, 6) is 0. The first-order chi connectivity index (χ1) is 10.6. The van der Waals surface area contributed by atoms with Crippen LogP contribution in [-0.4, -0.2) is 36.1 Å². The summed E-state index contributed by atoms with van der Waals surface area (Å²) in [5.41, 5.74) is 2.21. The second-order valence-corrected chi connectivity index (χ2v) is 11.7. The predicted molar refractivity (Wildman–Crippen MR) is 85.1 cm³/mol. The molecule has 0 saturated heterocycles. The van der Waals surface area contributed by atoms with E-state index in [-0.39, 0.29) is 21.2 Å². The maximum absolute atomic E-state index is 10.7. The zero-order chi connectivity index (χ0) is 15.9. The van der Waals surface area contributed by atoms with E-state index in [1.807, 2.05) is 12.1 Å². The van der Waals surface area contributed by atoms with Crippen molar-refractivity contribution in [2.45, 2.75) is 10.6 Å². The standard InChI is InChI=1S/C14H12N2O4Se2/c17-15(18)13-5-1-3-11(7-13)9-21-22-10-12-4-2-6-14(8-12)16(19)20/h1-8H,9-10H2. The second kappa shape index (κ2) is 8.05. The molecule has 22 heavy (non-hydrogen) atoms. The molecule has 2 aromatic rings. The molecule has 0 atom stereocenters. The van der Waals surface area contributed by atoms with Crippen LogP contribution in [0.5, 0.6) is 0 Å². The van der Waals surface area contributed by atoms with Crippen molar-refractivity contribution in [1.29, 1.82) is 0 Å². The molecule has 2 rings (SSSR count). The van der Waals surface area contributed by atoms with Gasteiger partial charge >= 0.3 is 138 Å². The number of rotatable bonds is 7. The van der Waals surface area contributed by atoms with Crippen molar-refractivity contribution in [2.24, 2.45) is 0 Å². The van der Waals surface area contributed by atoms with E-state index in [1.54, 1.807) is 24.3 Å². The average Bonchev–Trinajstić information content (AvgIpc) is 2.52. The fourth-order valence-electron chi connectivity index (χ4n) is 1.74. The van der Waals surface area contributed by atoms with Gasteiger partial charge in [0, 0.05) is 0 Å². The van der Waals surface area contributed by atoms with E-state index >= 15 is 0 Å². The molecule has 0 amide bonds. The monoisotopic (exact) mass is 432 g/mol. The Hall–Kier alpha value is -1.72. The van der Waals surface area contributed by atoms with Gasteiger partial charge in [0.2, 0.25) is 0 Å². The van der Waals surface area contributed by atoms with E-state index < -0.39 is 0 Å². The first kappa shape index (κ1) is 16.6. The van der Waals surface area contributed by atoms with Gasteiger partial charge in [0.25, 0.3) is 0 Å². The molecular weight excluding hydrogens is 418 g/mol. The van der Waals surface area contributed by atoms with Crippen LogP contribution in [0.4, 0.5) is 11.4 Å². The fourth-order valence-corrected chi connectivity index (χ4v) is 8.20. The van der Waals surface area contributed by atoms with Crippen LogP contribution in [0.15, 0.2) is 48.5 Å². The molecule has 0 spiro atoms. The molecule has 0 aliphatic heterocycles. The molecule has 6 nitrogen and oxygen atoms in total. The van der Waals surface area contributed by atoms with Crippen molar-refractivity contribution in [2.75, 3.05) is 0 Å². The Balaban J connectivity index is 1.84. The van der Waals surface area contributed by atoms with Crippen LogP contribution in [0, 0.1) is 20.2 Å². The number of nitro groups is 2. The van der Waals surface area contributed by atoms with Crippen molar-refractivity contribution in [3.05, 3.63) is 79.9 Å². The molecule has 0 aliphatic rings. The molecule has 0 bridgehead atoms. The minimum absolute atomic E-state index is 0.125. The molecule has 2 aromatic carbocycles. The second-order valence-electron chi connectivity index (χ2n) is 4.38. The zero-order valence-electron chi connectivity index (χ0n) is 11.4. The van der Waals surface area contributed by atoms with Crippen molar-refractivity contribution in [3.8, 4) is 0 Å². The van der Waals surface area contributed by atoms with Crippen LogP contribution in [0.1, 0.15) is 11.1 Å². The minimum atomic E-state index is -0.384. The van der Waals surface area contributed by atoms with Crippen LogP contribution >= 0.6 is 0 Å². The Kier molecular flexibility index (Phi) is 6.09. The zero-order valence-corrected chi connectivity index (χ0v) is 14.8. The topological polar surface area (TPSA) is 86.3 Å². The third kappa shape index (κ3) is 4.93. The van der Waals surface area contributed by atoms with Crippen molar-refractivity contribution >= 4 is 37.6 Å². The molecule has 0 fully saturated rings. The van der Waals surface area contributed by atoms with Crippen molar-refractivity contribution in [1.82, 2.24) is 0 Å². The third-order valence-electron chi connectivity index (χ3n) is 2.78. The number of hydrogen-bond donors (Lipinski definition) is 0. The van der Waals surface area contributed by atoms with Gasteiger partial charge in [0.05, 0.1) is 0 Å². The van der Waals surface area contributed by atoms with E-state index in [2.05, 4.69) is 0 Å². The molecule has 0 saturated carbocycles. The Bertz CT molecular complexity index is 635. The first-order valence-corrected chi connectivity index (χ1v) is 13.0. The van der Waals surface area contributed by atoms with Crippen LogP contribution in [0.3, 0.4) is 0 Å². The molecule has 0 aromatic heterocycles. The Morgan fingerprint density at radius 3 is 1.55 bits per heavy atom. The number of hydrogen-bond acceptors (Lipinski definition) is 4. The van der Waals surface area contributed by atoms with Gasteiger partial charge in [-0.15, -0.1) is 0 Å². The van der Waals surface area contributed by atoms with Crippen LogP contribution in [-0.2, 0) is 10.6 Å². The molecule has 8 heteroatoms. The summed E-state index contributed by atoms with van der Waals surface area (Å²) in [4.78, 5) is 20.7. The number of benzene rings is 2. The average molecular weight is 430 g/mol. The van der Waals surface area contributed by atoms with E-state index in [9.17, 15) is 20.2 Å². The molecule has 0 N–H and O–H groups in total. The molecular formula is C14H12N2O4Se2. The van der Waals surface area contributed by atoms with Gasteiger partial charge in [-0.2, -0.15) is 0 Å². The van der Waals surface area contributed by atoms with E-state index in [1.165, 1.54) is 12.1 Å². The number of non-ortho nitro benzene ring substituents is 2. The van der Waals surface area contributed by atoms with Crippen molar-refractivity contribution < 1.29 is 9.85 Å². The van der Waals surface area contributed by atoms with Crippen LogP contribution in [0.2, 0.25) is 0 Å². The summed E-state index contributed by atoms with van der Waals surface area (Å²) in [6, 6.07) is 13.4. The van der Waals surface area contributed by atoms with E-state index in [0.717, 1.165) is 21.8 Å². The van der Waals surface area contributed by atoms with Gasteiger partial charge in [-0.25, -0.2) is 0 Å². The summed E-state index contributed by atoms with van der Waals surface area (Å²) in [7, 11) is 0. The van der Waals surface area contributed by atoms with Gasteiger partial charge < -0.3 is 0 Å². The summed E-state index contributed by atoms with van der Waals surface area (Å²) in [5, 5.41) is 23.1. The molecule has 0 aliphatic carbocycles. The Morgan fingerprint density at radius 1 is 0.773 bits per heavy atom. The van der Waals surface area contributed by atoms with Crippen LogP contribution in [0.25, 0.3) is 0 Å². The molecule has 0 unspecified atom stereocenters. The number of nitrogens with zero attached hydrogens (tertiary/aromatic N) is 2. The van der Waals surface area contributed by atoms with Crippen LogP contribution < -0.4 is 0 Å². The molecule has 0 radical (unpaired) electrons. The van der Waals surface area contributed by atoms with Gasteiger partial charge in [-0.05, 0) is 0 Å². The molecule has 0 heterocycles. The predicted octanol–water partition coefficient (Wildman–Crippen LogP) is 2.53. The fraction of sp³-hybridized carbons (Fsp3) is 0.143. The first-order valence-electron chi connectivity index (χ1n) is 6.27. The normalized spacial score (nSPS) is 10.4. The van der Waals surface area contributed by atoms with E-state index in [4.69, 9.17) is 0 Å². The number of nitro benzene ring substituents is 2. The third-order valence-corrected chi connectivity index (χ3v) is 9.41. The Labute approximate surface area is 138 Å². The summed E-state index contributed by atoms with van der Waals surface area (Å²) < 4.78 is 0. The summed E-state index contributed by atoms with van der Waals surface area (Å²) in [6.45, 7) is 0. The maximum atomic E-state index is 10.7. The van der Waals surface area contributed by atoms with E-state index in [0.29, 0.717) is 26.3 Å².